The monoisotopic (exact) mass is 452 g/mol. The van der Waals surface area contributed by atoms with E-state index in [9.17, 15) is 0 Å². The highest BCUT2D eigenvalue weighted by atomic mass is 14.2. The lowest BCUT2D eigenvalue weighted by atomic mass is 9.86. The first kappa shape index (κ1) is 18.6. The molecule has 164 valence electrons. The topological polar surface area (TPSA) is 0 Å². The molecule has 0 radical (unpaired) electrons. The smallest absolute Gasteiger partial charge is 0.00206 e. The second-order valence-electron chi connectivity index (χ2n) is 10.1. The highest BCUT2D eigenvalue weighted by Gasteiger charge is 2.16. The molecule has 9 rings (SSSR count). The van der Waals surface area contributed by atoms with E-state index in [1.165, 1.54) is 86.5 Å². The zero-order valence-corrected chi connectivity index (χ0v) is 19.5. The van der Waals surface area contributed by atoms with Gasteiger partial charge in [-0.25, -0.2) is 0 Å². The van der Waals surface area contributed by atoms with Gasteiger partial charge in [-0.05, 0) is 98.7 Å². The van der Waals surface area contributed by atoms with Crippen LogP contribution < -0.4 is 0 Å². The maximum Gasteiger partial charge on any atom is -0.00206 e. The lowest BCUT2D eigenvalue weighted by Gasteiger charge is -2.17. The van der Waals surface area contributed by atoms with Crippen LogP contribution in [0.25, 0.3) is 86.5 Å². The third kappa shape index (κ3) is 2.25. The third-order valence-electron chi connectivity index (χ3n) is 8.30. The maximum absolute atomic E-state index is 2.43. The van der Waals surface area contributed by atoms with Gasteiger partial charge in [-0.1, -0.05) is 109 Å². The van der Waals surface area contributed by atoms with Crippen LogP contribution in [0, 0.1) is 0 Å². The van der Waals surface area contributed by atoms with Gasteiger partial charge in [-0.15, -0.1) is 0 Å². The van der Waals surface area contributed by atoms with E-state index in [2.05, 4.69) is 121 Å². The van der Waals surface area contributed by atoms with Gasteiger partial charge in [0.2, 0.25) is 0 Å². The fourth-order valence-electron chi connectivity index (χ4n) is 6.80. The molecule has 0 saturated heterocycles. The molecule has 9 aromatic carbocycles. The molecule has 0 nitrogen and oxygen atoms in total. The summed E-state index contributed by atoms with van der Waals surface area (Å²) in [5, 5.41) is 18.7. The van der Waals surface area contributed by atoms with Crippen LogP contribution in [0.15, 0.2) is 121 Å². The van der Waals surface area contributed by atoms with Gasteiger partial charge in [0.1, 0.15) is 0 Å². The Balaban J connectivity index is 1.47. The molecule has 0 atom stereocenters. The van der Waals surface area contributed by atoms with Crippen molar-refractivity contribution in [1.29, 1.82) is 0 Å². The second-order valence-corrected chi connectivity index (χ2v) is 10.1. The largest absolute Gasteiger partial charge is 0.0610 e. The molecule has 0 spiro atoms. The van der Waals surface area contributed by atoms with Crippen molar-refractivity contribution in [3.63, 3.8) is 0 Å². The summed E-state index contributed by atoms with van der Waals surface area (Å²) >= 11 is 0. The molecule has 0 unspecified atom stereocenters. The molecule has 9 aromatic rings. The minimum Gasteiger partial charge on any atom is -0.0610 e. The Bertz CT molecular complexity index is 2280. The molecule has 36 heavy (non-hydrogen) atoms. The highest BCUT2D eigenvalue weighted by Crippen LogP contribution is 2.44. The predicted molar refractivity (Wildman–Crippen MR) is 157 cm³/mol. The molecular weight excluding hydrogens is 432 g/mol. The van der Waals surface area contributed by atoms with Crippen LogP contribution >= 0.6 is 0 Å². The summed E-state index contributed by atoms with van der Waals surface area (Å²) in [5.41, 5.74) is 2.58. The van der Waals surface area contributed by atoms with E-state index in [0.29, 0.717) is 0 Å². The number of rotatable bonds is 1. The van der Waals surface area contributed by atoms with E-state index in [4.69, 9.17) is 0 Å². The Kier molecular flexibility index (Phi) is 3.36. The van der Waals surface area contributed by atoms with Crippen LogP contribution in [0.2, 0.25) is 0 Å². The van der Waals surface area contributed by atoms with Gasteiger partial charge in [0.25, 0.3) is 0 Å². The van der Waals surface area contributed by atoms with Crippen molar-refractivity contribution < 1.29 is 0 Å². The van der Waals surface area contributed by atoms with E-state index in [1.54, 1.807) is 0 Å². The average molecular weight is 453 g/mol. The van der Waals surface area contributed by atoms with Crippen molar-refractivity contribution in [2.45, 2.75) is 0 Å². The van der Waals surface area contributed by atoms with Crippen LogP contribution in [0.3, 0.4) is 0 Å². The zero-order valence-electron chi connectivity index (χ0n) is 19.5. The fourth-order valence-corrected chi connectivity index (χ4v) is 6.80. The molecule has 0 heteroatoms. The third-order valence-corrected chi connectivity index (χ3v) is 8.30. The lowest BCUT2D eigenvalue weighted by molar-refractivity contribution is 1.72. The fraction of sp³-hybridized carbons (Fsp3) is 0. The van der Waals surface area contributed by atoms with Gasteiger partial charge < -0.3 is 0 Å². The van der Waals surface area contributed by atoms with Crippen LogP contribution in [0.1, 0.15) is 0 Å². The number of hydrogen-bond donors (Lipinski definition) is 0. The second kappa shape index (κ2) is 6.50. The van der Waals surface area contributed by atoms with E-state index in [0.717, 1.165) is 0 Å². The Morgan fingerprint density at radius 2 is 0.778 bits per heavy atom. The lowest BCUT2D eigenvalue weighted by Crippen LogP contribution is -1.90. The molecule has 0 aromatic heterocycles. The van der Waals surface area contributed by atoms with Crippen LogP contribution in [-0.4, -0.2) is 0 Å². The normalized spacial score (nSPS) is 12.4. The average Bonchev–Trinajstić information content (AvgIpc) is 2.94. The molecule has 0 aliphatic heterocycles. The molecular formula is C36H20. The van der Waals surface area contributed by atoms with Gasteiger partial charge >= 0.3 is 0 Å². The summed E-state index contributed by atoms with van der Waals surface area (Å²) in [6.45, 7) is 0. The number of fused-ring (bicyclic) bond motifs is 2. The molecule has 0 heterocycles. The highest BCUT2D eigenvalue weighted by molar-refractivity contribution is 6.34. The van der Waals surface area contributed by atoms with Crippen molar-refractivity contribution >= 4 is 75.4 Å². The molecule has 0 aliphatic carbocycles. The van der Waals surface area contributed by atoms with Crippen LogP contribution in [0.5, 0.6) is 0 Å². The number of hydrogen-bond acceptors (Lipinski definition) is 0. The van der Waals surface area contributed by atoms with E-state index in [-0.39, 0.29) is 0 Å². The van der Waals surface area contributed by atoms with Crippen molar-refractivity contribution in [1.82, 2.24) is 0 Å². The molecule has 0 fully saturated rings. The number of benzene rings is 9. The predicted octanol–water partition coefficient (Wildman–Crippen LogP) is 10.3. The standard InChI is InChI=1S/C36H20/c1-5-22-13-14-24-15-17-27(31-18-16-23(6-1)33(22)36(24)31)26-19-25-9-4-11-29-28-10-2-7-21-8-3-12-30(34(21)28)32(20-26)35(25)29/h1-20H. The molecule has 0 amide bonds. The van der Waals surface area contributed by atoms with Crippen LogP contribution in [0.4, 0.5) is 0 Å². The van der Waals surface area contributed by atoms with E-state index in [1.807, 2.05) is 0 Å². The van der Waals surface area contributed by atoms with Gasteiger partial charge in [0.05, 0.1) is 0 Å². The maximum atomic E-state index is 2.43. The minimum absolute atomic E-state index is 1.28. The summed E-state index contributed by atoms with van der Waals surface area (Å²) in [7, 11) is 0. The van der Waals surface area contributed by atoms with Gasteiger partial charge in [0.15, 0.2) is 0 Å². The first-order valence-electron chi connectivity index (χ1n) is 12.6. The van der Waals surface area contributed by atoms with Crippen molar-refractivity contribution in [3.05, 3.63) is 121 Å². The van der Waals surface area contributed by atoms with Crippen LogP contribution in [-0.2, 0) is 0 Å². The molecule has 0 saturated carbocycles. The molecule has 0 aliphatic rings. The Morgan fingerprint density at radius 3 is 1.50 bits per heavy atom. The van der Waals surface area contributed by atoms with Crippen molar-refractivity contribution in [3.8, 4) is 11.1 Å². The molecule has 0 bridgehead atoms. The van der Waals surface area contributed by atoms with E-state index < -0.39 is 0 Å². The Labute approximate surface area is 207 Å². The van der Waals surface area contributed by atoms with Gasteiger partial charge in [-0.3, -0.25) is 0 Å². The van der Waals surface area contributed by atoms with E-state index >= 15 is 0 Å². The Hall–Kier alpha value is -4.68. The summed E-state index contributed by atoms with van der Waals surface area (Å²) in [6, 6.07) is 45.4. The summed E-state index contributed by atoms with van der Waals surface area (Å²) < 4.78 is 0. The molecule has 0 N–H and O–H groups in total. The first-order valence-corrected chi connectivity index (χ1v) is 12.6. The summed E-state index contributed by atoms with van der Waals surface area (Å²) in [4.78, 5) is 0. The summed E-state index contributed by atoms with van der Waals surface area (Å²) in [5.74, 6) is 0. The Morgan fingerprint density at radius 1 is 0.278 bits per heavy atom. The van der Waals surface area contributed by atoms with Gasteiger partial charge in [-0.2, -0.15) is 0 Å². The van der Waals surface area contributed by atoms with Gasteiger partial charge in [0, 0.05) is 0 Å². The first-order chi connectivity index (χ1) is 17.8. The SMILES string of the molecule is c1cc2ccc3ccc(-c4cc5cccc6c7cccc8cccc(c(c4)c56)c87)c4ccc(c1)c2c34. The van der Waals surface area contributed by atoms with Crippen molar-refractivity contribution in [2.75, 3.05) is 0 Å². The quantitative estimate of drug-likeness (QED) is 0.172. The zero-order chi connectivity index (χ0) is 23.4. The summed E-state index contributed by atoms with van der Waals surface area (Å²) in [6.07, 6.45) is 0. The minimum atomic E-state index is 1.28. The van der Waals surface area contributed by atoms with Crippen molar-refractivity contribution in [2.24, 2.45) is 0 Å².